The quantitative estimate of drug-likeness (QED) is 0.524. The Morgan fingerprint density at radius 1 is 0.969 bits per heavy atom. The average molecular weight is 447 g/mol. The summed E-state index contributed by atoms with van der Waals surface area (Å²) in [5, 5.41) is 42.1. The van der Waals surface area contributed by atoms with Gasteiger partial charge in [-0.1, -0.05) is 25.5 Å². The number of ether oxygens (including phenoxy) is 2. The fourth-order valence-electron chi connectivity index (χ4n) is 6.17. The second-order valence-corrected chi connectivity index (χ2v) is 10.5. The van der Waals surface area contributed by atoms with E-state index in [1.807, 2.05) is 6.92 Å². The van der Waals surface area contributed by atoms with Gasteiger partial charge in [-0.15, -0.1) is 0 Å². The zero-order valence-electron chi connectivity index (χ0n) is 20.0. The summed E-state index contributed by atoms with van der Waals surface area (Å²) in [6.07, 6.45) is -0.415. The summed E-state index contributed by atoms with van der Waals surface area (Å²) in [5.41, 5.74) is 5.57. The molecule has 0 spiro atoms. The lowest BCUT2D eigenvalue weighted by Gasteiger charge is -2.44. The standard InChI is InChI=1S/C26H38O6/c1-11(2)9-16-10-13(4)17-8-7-12(3)18-20(17)19(16)14(5)25(22(18)28)32-26-24(30)23(29)21(27)15(6)31-26/h9,12-13,15-17,21,23-24,26-30H,7-8,10H2,1-6H3/t12-,13-,15-,16+,17+,21+,23+,24-,26-/m0/s1. The van der Waals surface area contributed by atoms with Crippen molar-refractivity contribution >= 4 is 0 Å². The van der Waals surface area contributed by atoms with Gasteiger partial charge in [-0.3, -0.25) is 0 Å². The SMILES string of the molecule is CC(C)=C[C@@H]1C[C@H](C)[C@H]2CC[C@H](C)c3c(O)c(O[C@@H]4O[C@@H](C)[C@@H](O)[C@@H](O)[C@@H]4O)c(C)c1c32. The van der Waals surface area contributed by atoms with Crippen LogP contribution in [-0.4, -0.2) is 51.1 Å². The van der Waals surface area contributed by atoms with Crippen molar-refractivity contribution in [3.8, 4) is 11.5 Å². The molecule has 1 heterocycles. The lowest BCUT2D eigenvalue weighted by molar-refractivity contribution is -0.268. The van der Waals surface area contributed by atoms with Crippen LogP contribution in [-0.2, 0) is 4.74 Å². The second kappa shape index (κ2) is 8.64. The van der Waals surface area contributed by atoms with Crippen molar-refractivity contribution in [3.63, 3.8) is 0 Å². The van der Waals surface area contributed by atoms with Crippen molar-refractivity contribution in [2.24, 2.45) is 5.92 Å². The van der Waals surface area contributed by atoms with Crippen LogP contribution >= 0.6 is 0 Å². The summed E-state index contributed by atoms with van der Waals surface area (Å²) >= 11 is 0. The number of aromatic hydroxyl groups is 1. The maximum absolute atomic E-state index is 11.4. The number of aliphatic hydroxyl groups is 3. The van der Waals surface area contributed by atoms with Crippen molar-refractivity contribution in [1.82, 2.24) is 0 Å². The highest BCUT2D eigenvalue weighted by molar-refractivity contribution is 5.64. The summed E-state index contributed by atoms with van der Waals surface area (Å²) in [7, 11) is 0. The van der Waals surface area contributed by atoms with Gasteiger partial charge in [0.15, 0.2) is 11.5 Å². The van der Waals surface area contributed by atoms with Gasteiger partial charge < -0.3 is 29.9 Å². The molecule has 6 nitrogen and oxygen atoms in total. The minimum atomic E-state index is -1.42. The van der Waals surface area contributed by atoms with Crippen LogP contribution in [0, 0.1) is 12.8 Å². The lowest BCUT2D eigenvalue weighted by Crippen LogP contribution is -2.58. The molecule has 32 heavy (non-hydrogen) atoms. The van der Waals surface area contributed by atoms with E-state index >= 15 is 0 Å². The van der Waals surface area contributed by atoms with Crippen LogP contribution < -0.4 is 4.74 Å². The lowest BCUT2D eigenvalue weighted by atomic mass is 9.62. The molecule has 3 aliphatic rings. The molecule has 1 fully saturated rings. The first kappa shape index (κ1) is 23.6. The van der Waals surface area contributed by atoms with E-state index in [-0.39, 0.29) is 17.6 Å². The van der Waals surface area contributed by atoms with Gasteiger partial charge in [-0.2, -0.15) is 0 Å². The molecule has 1 aromatic carbocycles. The Balaban J connectivity index is 1.85. The Bertz CT molecular complexity index is 904. The maximum Gasteiger partial charge on any atom is 0.229 e. The Labute approximate surface area is 190 Å². The van der Waals surface area contributed by atoms with E-state index in [0.29, 0.717) is 17.6 Å². The Hall–Kier alpha value is -1.60. The predicted octanol–water partition coefficient (Wildman–Crippen LogP) is 3.98. The smallest absolute Gasteiger partial charge is 0.229 e. The molecule has 178 valence electrons. The molecule has 0 bridgehead atoms. The molecule has 6 heteroatoms. The highest BCUT2D eigenvalue weighted by Gasteiger charge is 2.45. The molecule has 0 amide bonds. The number of aliphatic hydroxyl groups excluding tert-OH is 3. The molecule has 0 unspecified atom stereocenters. The average Bonchev–Trinajstić information content (AvgIpc) is 2.72. The van der Waals surface area contributed by atoms with Crippen LogP contribution in [0.1, 0.15) is 93.9 Å². The topological polar surface area (TPSA) is 99.4 Å². The van der Waals surface area contributed by atoms with E-state index in [2.05, 4.69) is 33.8 Å². The van der Waals surface area contributed by atoms with Gasteiger partial charge in [0, 0.05) is 11.5 Å². The van der Waals surface area contributed by atoms with E-state index in [4.69, 9.17) is 9.47 Å². The molecular weight excluding hydrogens is 408 g/mol. The van der Waals surface area contributed by atoms with E-state index in [9.17, 15) is 20.4 Å². The first-order chi connectivity index (χ1) is 15.0. The van der Waals surface area contributed by atoms with Crippen molar-refractivity contribution in [3.05, 3.63) is 33.9 Å². The molecule has 4 N–H and O–H groups in total. The molecular formula is C26H38O6. The van der Waals surface area contributed by atoms with Gasteiger partial charge in [0.05, 0.1) is 6.10 Å². The summed E-state index contributed by atoms with van der Waals surface area (Å²) < 4.78 is 11.8. The number of phenolic OH excluding ortho intramolecular Hbond substituents is 1. The number of hydrogen-bond acceptors (Lipinski definition) is 6. The summed E-state index contributed by atoms with van der Waals surface area (Å²) in [6, 6.07) is 0. The fourth-order valence-corrected chi connectivity index (χ4v) is 6.17. The first-order valence-corrected chi connectivity index (χ1v) is 11.9. The van der Waals surface area contributed by atoms with Crippen LogP contribution in [0.25, 0.3) is 0 Å². The Morgan fingerprint density at radius 3 is 2.31 bits per heavy atom. The molecule has 9 atom stereocenters. The molecule has 0 radical (unpaired) electrons. The number of benzene rings is 1. The third-order valence-corrected chi connectivity index (χ3v) is 7.83. The zero-order valence-corrected chi connectivity index (χ0v) is 20.0. The van der Waals surface area contributed by atoms with Crippen LogP contribution in [0.3, 0.4) is 0 Å². The third-order valence-electron chi connectivity index (χ3n) is 7.83. The summed E-state index contributed by atoms with van der Waals surface area (Å²) in [4.78, 5) is 0. The van der Waals surface area contributed by atoms with Crippen molar-refractivity contribution in [2.75, 3.05) is 0 Å². The monoisotopic (exact) mass is 446 g/mol. The molecule has 1 aromatic rings. The number of allylic oxidation sites excluding steroid dienone is 2. The molecule has 1 aliphatic heterocycles. The Morgan fingerprint density at radius 2 is 1.66 bits per heavy atom. The number of rotatable bonds is 3. The van der Waals surface area contributed by atoms with E-state index < -0.39 is 30.7 Å². The predicted molar refractivity (Wildman–Crippen MR) is 122 cm³/mol. The van der Waals surface area contributed by atoms with Gasteiger partial charge in [0.25, 0.3) is 0 Å². The number of phenols is 1. The van der Waals surface area contributed by atoms with Gasteiger partial charge in [-0.05, 0) is 81.4 Å². The molecule has 0 saturated carbocycles. The fraction of sp³-hybridized carbons (Fsp3) is 0.692. The van der Waals surface area contributed by atoms with Crippen molar-refractivity contribution in [2.45, 2.75) is 109 Å². The van der Waals surface area contributed by atoms with Gasteiger partial charge in [0.2, 0.25) is 6.29 Å². The second-order valence-electron chi connectivity index (χ2n) is 10.5. The van der Waals surface area contributed by atoms with Gasteiger partial charge in [0.1, 0.15) is 18.3 Å². The molecule has 2 aliphatic carbocycles. The van der Waals surface area contributed by atoms with E-state index in [0.717, 1.165) is 30.4 Å². The minimum absolute atomic E-state index is 0.118. The normalized spacial score (nSPS) is 38.7. The summed E-state index contributed by atoms with van der Waals surface area (Å²) in [5.74, 6) is 1.81. The van der Waals surface area contributed by atoms with Gasteiger partial charge >= 0.3 is 0 Å². The van der Waals surface area contributed by atoms with Gasteiger partial charge in [-0.25, -0.2) is 0 Å². The van der Waals surface area contributed by atoms with Crippen LogP contribution in [0.5, 0.6) is 11.5 Å². The Kier molecular flexibility index (Phi) is 6.36. The summed E-state index contributed by atoms with van der Waals surface area (Å²) in [6.45, 7) is 12.3. The highest BCUT2D eigenvalue weighted by atomic mass is 16.7. The highest BCUT2D eigenvalue weighted by Crippen LogP contribution is 2.58. The maximum atomic E-state index is 11.4. The van der Waals surface area contributed by atoms with Crippen LogP contribution in [0.4, 0.5) is 0 Å². The third kappa shape index (κ3) is 3.75. The minimum Gasteiger partial charge on any atom is -0.504 e. The van der Waals surface area contributed by atoms with E-state index in [1.165, 1.54) is 16.7 Å². The number of hydrogen-bond donors (Lipinski definition) is 4. The zero-order chi connectivity index (χ0) is 23.5. The van der Waals surface area contributed by atoms with Crippen molar-refractivity contribution < 1.29 is 29.9 Å². The molecule has 4 rings (SSSR count). The largest absolute Gasteiger partial charge is 0.504 e. The van der Waals surface area contributed by atoms with Crippen LogP contribution in [0.2, 0.25) is 0 Å². The van der Waals surface area contributed by atoms with E-state index in [1.54, 1.807) is 6.92 Å². The van der Waals surface area contributed by atoms with Crippen LogP contribution in [0.15, 0.2) is 11.6 Å². The first-order valence-electron chi connectivity index (χ1n) is 11.9. The molecule has 1 saturated heterocycles. The molecule has 0 aromatic heterocycles. The van der Waals surface area contributed by atoms with Crippen molar-refractivity contribution in [1.29, 1.82) is 0 Å².